The van der Waals surface area contributed by atoms with Crippen LogP contribution in [-0.4, -0.2) is 17.6 Å². The topological polar surface area (TPSA) is 65.2 Å². The zero-order valence-electron chi connectivity index (χ0n) is 9.75. The van der Waals surface area contributed by atoms with Gasteiger partial charge in [-0.15, -0.1) is 0 Å². The molecule has 0 aromatic carbocycles. The average molecular weight is 262 g/mol. The molecular formula is C11H13F3N2O2. The minimum absolute atomic E-state index is 0.135. The van der Waals surface area contributed by atoms with E-state index in [4.69, 9.17) is 5.73 Å². The van der Waals surface area contributed by atoms with Crippen LogP contribution in [0.4, 0.5) is 13.2 Å². The van der Waals surface area contributed by atoms with Crippen molar-refractivity contribution in [3.8, 4) is 0 Å². The van der Waals surface area contributed by atoms with Crippen molar-refractivity contribution in [1.29, 1.82) is 0 Å². The number of carbonyl (C=O) groups excluding carboxylic acids is 1. The van der Waals surface area contributed by atoms with E-state index in [0.717, 1.165) is 6.20 Å². The SMILES string of the molecule is CCOC(=O)Cc1cnc(CN)c(C(F)F)c1F. The van der Waals surface area contributed by atoms with Crippen LogP contribution in [0.3, 0.4) is 0 Å². The molecule has 2 N–H and O–H groups in total. The van der Waals surface area contributed by atoms with Crippen LogP contribution in [0, 0.1) is 5.82 Å². The Kier molecular flexibility index (Phi) is 5.08. The number of esters is 1. The van der Waals surface area contributed by atoms with Crippen molar-refractivity contribution in [3.05, 3.63) is 28.8 Å². The van der Waals surface area contributed by atoms with Crippen LogP contribution in [-0.2, 0) is 22.5 Å². The van der Waals surface area contributed by atoms with Crippen molar-refractivity contribution in [2.75, 3.05) is 6.61 Å². The standard InChI is InChI=1S/C11H13F3N2O2/c1-2-18-8(17)3-6-5-16-7(4-15)9(10(6)12)11(13)14/h5,11H,2-4,15H2,1H3. The first-order valence-corrected chi connectivity index (χ1v) is 5.31. The summed E-state index contributed by atoms with van der Waals surface area (Å²) in [7, 11) is 0. The lowest BCUT2D eigenvalue weighted by Gasteiger charge is -2.11. The third-order valence-electron chi connectivity index (χ3n) is 2.26. The molecular weight excluding hydrogens is 249 g/mol. The number of nitrogens with zero attached hydrogens (tertiary/aromatic N) is 1. The summed E-state index contributed by atoms with van der Waals surface area (Å²) in [6.07, 6.45) is -2.43. The fraction of sp³-hybridized carbons (Fsp3) is 0.455. The zero-order chi connectivity index (χ0) is 13.7. The lowest BCUT2D eigenvalue weighted by atomic mass is 10.1. The van der Waals surface area contributed by atoms with E-state index in [2.05, 4.69) is 9.72 Å². The molecule has 0 saturated heterocycles. The van der Waals surface area contributed by atoms with E-state index >= 15 is 0 Å². The highest BCUT2D eigenvalue weighted by atomic mass is 19.3. The summed E-state index contributed by atoms with van der Waals surface area (Å²) in [5.74, 6) is -1.84. The highest BCUT2D eigenvalue weighted by Gasteiger charge is 2.23. The Hall–Kier alpha value is -1.63. The molecule has 0 bridgehead atoms. The van der Waals surface area contributed by atoms with Crippen LogP contribution in [0.2, 0.25) is 0 Å². The molecule has 0 aliphatic rings. The van der Waals surface area contributed by atoms with Crippen molar-refractivity contribution in [2.45, 2.75) is 26.3 Å². The van der Waals surface area contributed by atoms with Gasteiger partial charge >= 0.3 is 5.97 Å². The minimum Gasteiger partial charge on any atom is -0.466 e. The number of halogens is 3. The summed E-state index contributed by atoms with van der Waals surface area (Å²) < 4.78 is 43.8. The largest absolute Gasteiger partial charge is 0.466 e. The summed E-state index contributed by atoms with van der Waals surface area (Å²) in [6, 6.07) is 0. The number of carbonyl (C=O) groups is 1. The van der Waals surface area contributed by atoms with Crippen molar-refractivity contribution < 1.29 is 22.7 Å². The second-order valence-electron chi connectivity index (χ2n) is 3.44. The zero-order valence-corrected chi connectivity index (χ0v) is 9.75. The third-order valence-corrected chi connectivity index (χ3v) is 2.26. The van der Waals surface area contributed by atoms with Crippen LogP contribution in [0.25, 0.3) is 0 Å². The highest BCUT2D eigenvalue weighted by Crippen LogP contribution is 2.26. The van der Waals surface area contributed by atoms with E-state index in [1.54, 1.807) is 6.92 Å². The molecule has 0 amide bonds. The van der Waals surface area contributed by atoms with Crippen LogP contribution < -0.4 is 5.73 Å². The Labute approximate surface area is 102 Å². The summed E-state index contributed by atoms with van der Waals surface area (Å²) in [5.41, 5.74) is 3.92. The number of aromatic nitrogens is 1. The van der Waals surface area contributed by atoms with Crippen LogP contribution >= 0.6 is 0 Å². The molecule has 7 heteroatoms. The van der Waals surface area contributed by atoms with E-state index < -0.39 is 30.2 Å². The Morgan fingerprint density at radius 3 is 2.72 bits per heavy atom. The van der Waals surface area contributed by atoms with Crippen LogP contribution in [0.1, 0.15) is 30.2 Å². The Balaban J connectivity index is 3.08. The van der Waals surface area contributed by atoms with Gasteiger partial charge < -0.3 is 10.5 Å². The van der Waals surface area contributed by atoms with E-state index in [-0.39, 0.29) is 24.4 Å². The van der Waals surface area contributed by atoms with Crippen molar-refractivity contribution in [3.63, 3.8) is 0 Å². The Morgan fingerprint density at radius 2 is 2.22 bits per heavy atom. The maximum atomic E-state index is 13.8. The number of alkyl halides is 2. The van der Waals surface area contributed by atoms with E-state index in [1.165, 1.54) is 0 Å². The molecule has 1 heterocycles. The molecule has 0 atom stereocenters. The quantitative estimate of drug-likeness (QED) is 0.820. The number of hydrogen-bond donors (Lipinski definition) is 1. The lowest BCUT2D eigenvalue weighted by Crippen LogP contribution is -2.14. The fourth-order valence-electron chi connectivity index (χ4n) is 1.46. The van der Waals surface area contributed by atoms with Gasteiger partial charge in [-0.1, -0.05) is 0 Å². The molecule has 0 aliphatic heterocycles. The number of rotatable bonds is 5. The number of nitrogens with two attached hydrogens (primary N) is 1. The monoisotopic (exact) mass is 262 g/mol. The molecule has 0 fully saturated rings. The van der Waals surface area contributed by atoms with Gasteiger partial charge in [0.1, 0.15) is 5.82 Å². The summed E-state index contributed by atoms with van der Waals surface area (Å²) in [4.78, 5) is 14.8. The average Bonchev–Trinajstić information content (AvgIpc) is 2.31. The maximum absolute atomic E-state index is 13.8. The minimum atomic E-state index is -3.03. The Morgan fingerprint density at radius 1 is 1.56 bits per heavy atom. The van der Waals surface area contributed by atoms with Gasteiger partial charge in [0.2, 0.25) is 0 Å². The lowest BCUT2D eigenvalue weighted by molar-refractivity contribution is -0.142. The normalized spacial score (nSPS) is 10.8. The van der Waals surface area contributed by atoms with E-state index in [0.29, 0.717) is 0 Å². The molecule has 1 aromatic heterocycles. The predicted octanol–water partition coefficient (Wildman–Crippen LogP) is 1.72. The van der Waals surface area contributed by atoms with Crippen molar-refractivity contribution >= 4 is 5.97 Å². The number of hydrogen-bond acceptors (Lipinski definition) is 4. The predicted molar refractivity (Wildman–Crippen MR) is 57.4 cm³/mol. The van der Waals surface area contributed by atoms with Crippen LogP contribution in [0.5, 0.6) is 0 Å². The molecule has 0 unspecified atom stereocenters. The fourth-order valence-corrected chi connectivity index (χ4v) is 1.46. The molecule has 100 valence electrons. The first-order valence-electron chi connectivity index (χ1n) is 5.31. The van der Waals surface area contributed by atoms with Crippen molar-refractivity contribution in [1.82, 2.24) is 4.98 Å². The van der Waals surface area contributed by atoms with Gasteiger partial charge in [-0.2, -0.15) is 0 Å². The smallest absolute Gasteiger partial charge is 0.310 e. The molecule has 4 nitrogen and oxygen atoms in total. The van der Waals surface area contributed by atoms with Gasteiger partial charge in [0, 0.05) is 18.3 Å². The number of ether oxygens (including phenoxy) is 1. The maximum Gasteiger partial charge on any atom is 0.310 e. The van der Waals surface area contributed by atoms with Gasteiger partial charge in [-0.05, 0) is 6.92 Å². The van der Waals surface area contributed by atoms with Crippen molar-refractivity contribution in [2.24, 2.45) is 5.73 Å². The third kappa shape index (κ3) is 3.19. The van der Waals surface area contributed by atoms with Gasteiger partial charge in [0.15, 0.2) is 0 Å². The summed E-state index contributed by atoms with van der Waals surface area (Å²) in [6.45, 7) is 1.43. The Bertz CT molecular complexity index is 439. The summed E-state index contributed by atoms with van der Waals surface area (Å²) >= 11 is 0. The number of pyridine rings is 1. The van der Waals surface area contributed by atoms with Crippen LogP contribution in [0.15, 0.2) is 6.20 Å². The molecule has 18 heavy (non-hydrogen) atoms. The molecule has 0 saturated carbocycles. The molecule has 0 radical (unpaired) electrons. The second-order valence-corrected chi connectivity index (χ2v) is 3.44. The molecule has 1 aromatic rings. The second kappa shape index (κ2) is 6.34. The first-order chi connectivity index (χ1) is 8.51. The van der Waals surface area contributed by atoms with E-state index in [1.807, 2.05) is 0 Å². The highest BCUT2D eigenvalue weighted by molar-refractivity contribution is 5.72. The van der Waals surface area contributed by atoms with Gasteiger partial charge in [0.25, 0.3) is 6.43 Å². The first kappa shape index (κ1) is 14.4. The van der Waals surface area contributed by atoms with Gasteiger partial charge in [-0.25, -0.2) is 13.2 Å². The van der Waals surface area contributed by atoms with Gasteiger partial charge in [-0.3, -0.25) is 9.78 Å². The summed E-state index contributed by atoms with van der Waals surface area (Å²) in [5, 5.41) is 0. The van der Waals surface area contributed by atoms with E-state index in [9.17, 15) is 18.0 Å². The molecule has 0 aliphatic carbocycles. The van der Waals surface area contributed by atoms with Gasteiger partial charge in [0.05, 0.1) is 24.3 Å². The molecule has 0 spiro atoms. The molecule has 1 rings (SSSR count).